The number of anilines is 1. The molecule has 0 aliphatic carbocycles. The van der Waals surface area contributed by atoms with Crippen molar-refractivity contribution in [1.82, 2.24) is 9.78 Å². The third-order valence-corrected chi connectivity index (χ3v) is 3.09. The molecule has 1 heterocycles. The van der Waals surface area contributed by atoms with Gasteiger partial charge in [0.25, 0.3) is 0 Å². The van der Waals surface area contributed by atoms with Gasteiger partial charge in [-0.25, -0.2) is 8.42 Å². The van der Waals surface area contributed by atoms with Crippen LogP contribution in [0.3, 0.4) is 0 Å². The van der Waals surface area contributed by atoms with Crippen LogP contribution >= 0.6 is 0 Å². The normalized spacial score (nSPS) is 11.6. The number of nitrogens with one attached hydrogen (secondary N) is 1. The lowest BCUT2D eigenvalue weighted by atomic mass is 10.4. The molecule has 0 fully saturated rings. The Morgan fingerprint density at radius 2 is 2.29 bits per heavy atom. The van der Waals surface area contributed by atoms with E-state index < -0.39 is 10.0 Å². The quantitative estimate of drug-likeness (QED) is 0.799. The van der Waals surface area contributed by atoms with Gasteiger partial charge < -0.3 is 0 Å². The number of sulfonamides is 1. The zero-order chi connectivity index (χ0) is 10.6. The van der Waals surface area contributed by atoms with Gasteiger partial charge in [-0.05, 0) is 6.42 Å². The number of aromatic nitrogens is 2. The van der Waals surface area contributed by atoms with E-state index in [0.717, 1.165) is 6.42 Å². The van der Waals surface area contributed by atoms with Crippen molar-refractivity contribution in [1.29, 1.82) is 0 Å². The molecule has 0 aliphatic heterocycles. The molecule has 80 valence electrons. The second-order valence-corrected chi connectivity index (χ2v) is 4.99. The van der Waals surface area contributed by atoms with E-state index in [9.17, 15) is 8.42 Å². The summed E-state index contributed by atoms with van der Waals surface area (Å²) in [6.07, 6.45) is 3.23. The lowest BCUT2D eigenvalue weighted by Crippen LogP contribution is -2.16. The Labute approximate surface area is 84.2 Å². The van der Waals surface area contributed by atoms with Crippen LogP contribution in [0.15, 0.2) is 12.3 Å². The zero-order valence-corrected chi connectivity index (χ0v) is 9.21. The number of rotatable bonds is 5. The first-order valence-electron chi connectivity index (χ1n) is 4.53. The van der Waals surface area contributed by atoms with E-state index in [1.54, 1.807) is 24.0 Å². The van der Waals surface area contributed by atoms with Crippen LogP contribution < -0.4 is 4.72 Å². The highest BCUT2D eigenvalue weighted by Gasteiger charge is 2.10. The van der Waals surface area contributed by atoms with Crippen LogP contribution in [0.1, 0.15) is 19.8 Å². The molecule has 0 atom stereocenters. The van der Waals surface area contributed by atoms with Gasteiger partial charge in [0.2, 0.25) is 10.0 Å². The number of aryl methyl sites for hydroxylation is 1. The predicted molar refractivity (Wildman–Crippen MR) is 55.5 cm³/mol. The van der Waals surface area contributed by atoms with Gasteiger partial charge in [-0.15, -0.1) is 0 Å². The SMILES string of the molecule is CCCCS(=O)(=O)Nc1ccn(C)n1. The average molecular weight is 217 g/mol. The van der Waals surface area contributed by atoms with Crippen LogP contribution in [-0.4, -0.2) is 24.0 Å². The molecule has 1 aromatic heterocycles. The van der Waals surface area contributed by atoms with Gasteiger partial charge in [0.05, 0.1) is 5.75 Å². The lowest BCUT2D eigenvalue weighted by Gasteiger charge is -2.03. The summed E-state index contributed by atoms with van der Waals surface area (Å²) in [5.74, 6) is 0.531. The topological polar surface area (TPSA) is 64.0 Å². The highest BCUT2D eigenvalue weighted by atomic mass is 32.2. The molecule has 1 N–H and O–H groups in total. The van der Waals surface area contributed by atoms with Crippen LogP contribution in [0.4, 0.5) is 5.82 Å². The zero-order valence-electron chi connectivity index (χ0n) is 8.40. The Morgan fingerprint density at radius 3 is 2.79 bits per heavy atom. The van der Waals surface area contributed by atoms with Crippen LogP contribution in [0.5, 0.6) is 0 Å². The Hall–Kier alpha value is -1.04. The van der Waals surface area contributed by atoms with Crippen molar-refractivity contribution < 1.29 is 8.42 Å². The second-order valence-electron chi connectivity index (χ2n) is 3.15. The Morgan fingerprint density at radius 1 is 1.57 bits per heavy atom. The van der Waals surface area contributed by atoms with E-state index in [0.29, 0.717) is 12.2 Å². The first-order valence-corrected chi connectivity index (χ1v) is 6.19. The standard InChI is InChI=1S/C8H15N3O2S/c1-3-4-7-14(12,13)10-8-5-6-11(2)9-8/h5-6H,3-4,7H2,1-2H3,(H,9,10). The minimum Gasteiger partial charge on any atom is -0.274 e. The first kappa shape index (κ1) is 11.0. The van der Waals surface area contributed by atoms with E-state index in [1.807, 2.05) is 6.92 Å². The minimum absolute atomic E-state index is 0.153. The molecule has 14 heavy (non-hydrogen) atoms. The molecule has 0 aliphatic rings. The smallest absolute Gasteiger partial charge is 0.233 e. The third kappa shape index (κ3) is 3.37. The highest BCUT2D eigenvalue weighted by molar-refractivity contribution is 7.92. The molecule has 0 aromatic carbocycles. The van der Waals surface area contributed by atoms with Crippen LogP contribution in [0, 0.1) is 0 Å². The summed E-state index contributed by atoms with van der Waals surface area (Å²) >= 11 is 0. The molecular weight excluding hydrogens is 202 g/mol. The van der Waals surface area contributed by atoms with Crippen molar-refractivity contribution in [2.45, 2.75) is 19.8 Å². The van der Waals surface area contributed by atoms with Crippen molar-refractivity contribution in [3.05, 3.63) is 12.3 Å². The van der Waals surface area contributed by atoms with Crippen LogP contribution in [0.2, 0.25) is 0 Å². The number of unbranched alkanes of at least 4 members (excludes halogenated alkanes) is 1. The first-order chi connectivity index (χ1) is 6.53. The summed E-state index contributed by atoms with van der Waals surface area (Å²) in [7, 11) is -1.47. The fourth-order valence-corrected chi connectivity index (χ4v) is 2.21. The van der Waals surface area contributed by atoms with Gasteiger partial charge in [-0.1, -0.05) is 13.3 Å². The number of hydrogen-bond acceptors (Lipinski definition) is 3. The number of hydrogen-bond donors (Lipinski definition) is 1. The molecule has 0 radical (unpaired) electrons. The minimum atomic E-state index is -3.21. The summed E-state index contributed by atoms with van der Waals surface area (Å²) in [5, 5.41) is 3.93. The van der Waals surface area contributed by atoms with Crippen molar-refractivity contribution in [2.24, 2.45) is 7.05 Å². The Balaban J connectivity index is 2.59. The number of nitrogens with zero attached hydrogens (tertiary/aromatic N) is 2. The van der Waals surface area contributed by atoms with Gasteiger partial charge in [-0.2, -0.15) is 5.10 Å². The molecule has 0 amide bonds. The van der Waals surface area contributed by atoms with Crippen LogP contribution in [-0.2, 0) is 17.1 Å². The second kappa shape index (κ2) is 4.45. The highest BCUT2D eigenvalue weighted by Crippen LogP contribution is 2.05. The maximum absolute atomic E-state index is 11.4. The van der Waals surface area contributed by atoms with Gasteiger partial charge >= 0.3 is 0 Å². The predicted octanol–water partition coefficient (Wildman–Crippen LogP) is 0.962. The maximum atomic E-state index is 11.4. The summed E-state index contributed by atoms with van der Waals surface area (Å²) in [6, 6.07) is 1.63. The summed E-state index contributed by atoms with van der Waals surface area (Å²) < 4.78 is 26.8. The van der Waals surface area contributed by atoms with Crippen molar-refractivity contribution >= 4 is 15.8 Å². The largest absolute Gasteiger partial charge is 0.274 e. The van der Waals surface area contributed by atoms with Gasteiger partial charge in [-0.3, -0.25) is 9.40 Å². The van der Waals surface area contributed by atoms with Gasteiger partial charge in [0.1, 0.15) is 0 Å². The van der Waals surface area contributed by atoms with Gasteiger partial charge in [0.15, 0.2) is 5.82 Å². The lowest BCUT2D eigenvalue weighted by molar-refractivity contribution is 0.597. The van der Waals surface area contributed by atoms with Crippen LogP contribution in [0.25, 0.3) is 0 Å². The molecule has 0 spiro atoms. The van der Waals surface area contributed by atoms with E-state index in [2.05, 4.69) is 9.82 Å². The maximum Gasteiger partial charge on any atom is 0.233 e. The molecule has 1 rings (SSSR count). The van der Waals surface area contributed by atoms with E-state index >= 15 is 0 Å². The summed E-state index contributed by atoms with van der Waals surface area (Å²) in [6.45, 7) is 1.95. The molecular formula is C8H15N3O2S. The molecule has 5 nitrogen and oxygen atoms in total. The monoisotopic (exact) mass is 217 g/mol. The third-order valence-electron chi connectivity index (χ3n) is 1.74. The molecule has 0 bridgehead atoms. The molecule has 1 aromatic rings. The molecule has 6 heteroatoms. The van der Waals surface area contributed by atoms with E-state index in [4.69, 9.17) is 0 Å². The Kier molecular flexibility index (Phi) is 3.51. The van der Waals surface area contributed by atoms with Crippen molar-refractivity contribution in [3.63, 3.8) is 0 Å². The fraction of sp³-hybridized carbons (Fsp3) is 0.625. The summed E-state index contributed by atoms with van der Waals surface area (Å²) in [4.78, 5) is 0. The average Bonchev–Trinajstić information content (AvgIpc) is 2.47. The van der Waals surface area contributed by atoms with E-state index in [-0.39, 0.29) is 5.75 Å². The fourth-order valence-electron chi connectivity index (χ4n) is 1.01. The van der Waals surface area contributed by atoms with E-state index in [1.165, 1.54) is 0 Å². The molecule has 0 saturated heterocycles. The van der Waals surface area contributed by atoms with Crippen molar-refractivity contribution in [2.75, 3.05) is 10.5 Å². The van der Waals surface area contributed by atoms with Gasteiger partial charge in [0, 0.05) is 19.3 Å². The van der Waals surface area contributed by atoms with Crippen molar-refractivity contribution in [3.8, 4) is 0 Å². The molecule has 0 unspecified atom stereocenters. The summed E-state index contributed by atoms with van der Waals surface area (Å²) in [5.41, 5.74) is 0. The molecule has 0 saturated carbocycles. The Bertz CT molecular complexity index is 383.